The van der Waals surface area contributed by atoms with Crippen LogP contribution >= 0.6 is 19.1 Å². The van der Waals surface area contributed by atoms with Crippen molar-refractivity contribution < 1.29 is 13.8 Å². The third kappa shape index (κ3) is 5.28. The quantitative estimate of drug-likeness (QED) is 0.682. The van der Waals surface area contributed by atoms with E-state index in [0.717, 1.165) is 12.2 Å². The zero-order valence-electron chi connectivity index (χ0n) is 12.6. The topological polar surface area (TPSA) is 47.6 Å². The maximum Gasteiger partial charge on any atom is 0.338 e. The Morgan fingerprint density at radius 1 is 1.05 bits per heavy atom. The normalized spacial score (nSPS) is 13.2. The average molecular weight is 340 g/mol. The van der Waals surface area contributed by atoms with Crippen molar-refractivity contribution in [2.24, 2.45) is 0 Å². The Morgan fingerprint density at radius 2 is 1.64 bits per heavy atom. The van der Waals surface area contributed by atoms with Gasteiger partial charge in [-0.2, -0.15) is 0 Å². The largest absolute Gasteiger partial charge is 0.494 e. The molecule has 0 spiro atoms. The zero-order chi connectivity index (χ0) is 16.0. The number of rotatable bonds is 7. The highest BCUT2D eigenvalue weighted by atomic mass is 35.5. The van der Waals surface area contributed by atoms with E-state index >= 15 is 0 Å². The van der Waals surface area contributed by atoms with Crippen LogP contribution in [0.3, 0.4) is 0 Å². The van der Waals surface area contributed by atoms with Crippen LogP contribution in [0.1, 0.15) is 13.3 Å². The van der Waals surface area contributed by atoms with Crippen LogP contribution in [0.15, 0.2) is 48.5 Å². The molecular weight excluding hydrogens is 321 g/mol. The summed E-state index contributed by atoms with van der Waals surface area (Å²) in [5, 5.41) is 3.51. The van der Waals surface area contributed by atoms with Gasteiger partial charge in [-0.3, -0.25) is 4.57 Å². The third-order valence-electron chi connectivity index (χ3n) is 2.75. The Morgan fingerprint density at radius 3 is 2.23 bits per heavy atom. The van der Waals surface area contributed by atoms with Crippen LogP contribution in [0.2, 0.25) is 5.02 Å². The predicted octanol–water partition coefficient (Wildman–Crippen LogP) is 5.44. The highest BCUT2D eigenvalue weighted by Crippen LogP contribution is 2.43. The molecule has 0 saturated heterocycles. The molecule has 0 radical (unpaired) electrons. The van der Waals surface area contributed by atoms with Crippen molar-refractivity contribution in [3.8, 4) is 11.5 Å². The molecule has 2 aromatic carbocycles. The minimum atomic E-state index is -3.02. The Bertz CT molecular complexity index is 643. The van der Waals surface area contributed by atoms with Gasteiger partial charge in [0.25, 0.3) is 0 Å². The van der Waals surface area contributed by atoms with Crippen LogP contribution in [0.25, 0.3) is 0 Å². The lowest BCUT2D eigenvalue weighted by Crippen LogP contribution is -2.02. The van der Waals surface area contributed by atoms with Gasteiger partial charge in [-0.25, -0.2) is 0 Å². The molecule has 4 nitrogen and oxygen atoms in total. The smallest absolute Gasteiger partial charge is 0.338 e. The summed E-state index contributed by atoms with van der Waals surface area (Å²) in [4.78, 5) is 0. The van der Waals surface area contributed by atoms with Gasteiger partial charge in [0.15, 0.2) is 0 Å². The number of anilines is 1. The summed E-state index contributed by atoms with van der Waals surface area (Å²) in [5.74, 6) is 1.29. The standard InChI is InChI=1S/C16H19ClNO3P/c1-3-12-20-15-10-6-14(7-11-15)18-22(2,19)21-16-8-4-13(17)5-9-16/h4-11H,3,12H2,1-2H3,(H,18,19)/t22-/m0/s1. The lowest BCUT2D eigenvalue weighted by Gasteiger charge is -2.17. The van der Waals surface area contributed by atoms with Gasteiger partial charge in [-0.05, 0) is 55.0 Å². The molecule has 0 bridgehead atoms. The number of hydrogen-bond donors (Lipinski definition) is 1. The fourth-order valence-electron chi connectivity index (χ4n) is 1.80. The first-order valence-electron chi connectivity index (χ1n) is 7.02. The summed E-state index contributed by atoms with van der Waals surface area (Å²) in [6.45, 7) is 4.26. The SMILES string of the molecule is CCCOc1ccc(N[P@@](C)(=O)Oc2ccc(Cl)cc2)cc1. The van der Waals surface area contributed by atoms with Crippen molar-refractivity contribution in [2.75, 3.05) is 18.4 Å². The highest BCUT2D eigenvalue weighted by molar-refractivity contribution is 7.60. The van der Waals surface area contributed by atoms with Crippen LogP contribution in [-0.2, 0) is 4.57 Å². The van der Waals surface area contributed by atoms with E-state index < -0.39 is 7.52 Å². The summed E-state index contributed by atoms with van der Waals surface area (Å²) < 4.78 is 23.5. The fourth-order valence-corrected chi connectivity index (χ4v) is 3.11. The van der Waals surface area contributed by atoms with E-state index in [-0.39, 0.29) is 0 Å². The molecule has 0 amide bonds. The van der Waals surface area contributed by atoms with E-state index in [4.69, 9.17) is 20.9 Å². The molecule has 2 rings (SSSR count). The molecule has 0 aliphatic carbocycles. The molecule has 118 valence electrons. The van der Waals surface area contributed by atoms with E-state index in [1.54, 1.807) is 24.3 Å². The number of nitrogens with one attached hydrogen (secondary N) is 1. The maximum absolute atomic E-state index is 12.5. The van der Waals surface area contributed by atoms with E-state index in [9.17, 15) is 4.57 Å². The first-order chi connectivity index (χ1) is 10.5. The van der Waals surface area contributed by atoms with Crippen molar-refractivity contribution in [2.45, 2.75) is 13.3 Å². The van der Waals surface area contributed by atoms with Crippen LogP contribution in [-0.4, -0.2) is 13.3 Å². The van der Waals surface area contributed by atoms with E-state index in [1.807, 2.05) is 24.3 Å². The second-order valence-electron chi connectivity index (χ2n) is 4.88. The van der Waals surface area contributed by atoms with Gasteiger partial charge in [-0.1, -0.05) is 18.5 Å². The summed E-state index contributed by atoms with van der Waals surface area (Å²) in [5.41, 5.74) is 0.712. The fraction of sp³-hybridized carbons (Fsp3) is 0.250. The molecule has 0 unspecified atom stereocenters. The van der Waals surface area contributed by atoms with Crippen LogP contribution < -0.4 is 14.3 Å². The van der Waals surface area contributed by atoms with Crippen LogP contribution in [0.4, 0.5) is 5.69 Å². The van der Waals surface area contributed by atoms with Gasteiger partial charge in [0.1, 0.15) is 11.5 Å². The number of benzene rings is 2. The first kappa shape index (κ1) is 16.7. The average Bonchev–Trinajstić information content (AvgIpc) is 2.48. The zero-order valence-corrected chi connectivity index (χ0v) is 14.2. The molecule has 0 saturated carbocycles. The molecule has 22 heavy (non-hydrogen) atoms. The molecule has 0 heterocycles. The molecule has 0 fully saturated rings. The second kappa shape index (κ2) is 7.57. The summed E-state index contributed by atoms with van der Waals surface area (Å²) >= 11 is 5.81. The highest BCUT2D eigenvalue weighted by Gasteiger charge is 2.17. The van der Waals surface area contributed by atoms with Gasteiger partial charge in [0.2, 0.25) is 0 Å². The van der Waals surface area contributed by atoms with Gasteiger partial charge < -0.3 is 14.3 Å². The molecular formula is C16H19ClNO3P. The van der Waals surface area contributed by atoms with Gasteiger partial charge in [0.05, 0.1) is 6.61 Å². The van der Waals surface area contributed by atoms with Gasteiger partial charge in [0, 0.05) is 17.4 Å². The molecule has 6 heteroatoms. The molecule has 2 aromatic rings. The van der Waals surface area contributed by atoms with Crippen molar-refractivity contribution in [1.82, 2.24) is 0 Å². The molecule has 0 aliphatic rings. The monoisotopic (exact) mass is 339 g/mol. The minimum Gasteiger partial charge on any atom is -0.494 e. The number of ether oxygens (including phenoxy) is 1. The lowest BCUT2D eigenvalue weighted by atomic mass is 10.3. The van der Waals surface area contributed by atoms with E-state index in [2.05, 4.69) is 12.0 Å². The predicted molar refractivity (Wildman–Crippen MR) is 91.5 cm³/mol. The lowest BCUT2D eigenvalue weighted by molar-refractivity contribution is 0.317. The summed E-state index contributed by atoms with van der Waals surface area (Å²) in [6.07, 6.45) is 0.957. The van der Waals surface area contributed by atoms with Crippen LogP contribution in [0.5, 0.6) is 11.5 Å². The Balaban J connectivity index is 1.98. The molecule has 0 aliphatic heterocycles. The summed E-state index contributed by atoms with van der Waals surface area (Å²) in [6, 6.07) is 14.0. The number of hydrogen-bond acceptors (Lipinski definition) is 3. The Hall–Kier alpha value is -1.64. The maximum atomic E-state index is 12.5. The first-order valence-corrected chi connectivity index (χ1v) is 9.47. The minimum absolute atomic E-state index is 0.505. The Kier molecular flexibility index (Phi) is 5.76. The third-order valence-corrected chi connectivity index (χ3v) is 4.23. The molecule has 1 N–H and O–H groups in total. The second-order valence-corrected chi connectivity index (χ2v) is 7.41. The molecule has 0 aromatic heterocycles. The Labute approximate surface area is 135 Å². The van der Waals surface area contributed by atoms with E-state index in [1.165, 1.54) is 6.66 Å². The van der Waals surface area contributed by atoms with Crippen molar-refractivity contribution in [1.29, 1.82) is 0 Å². The van der Waals surface area contributed by atoms with Crippen LogP contribution in [0, 0.1) is 0 Å². The van der Waals surface area contributed by atoms with Gasteiger partial charge >= 0.3 is 7.52 Å². The molecule has 1 atom stereocenters. The summed E-state index contributed by atoms with van der Waals surface area (Å²) in [7, 11) is -3.02. The van der Waals surface area contributed by atoms with Crippen molar-refractivity contribution >= 4 is 24.8 Å². The van der Waals surface area contributed by atoms with Gasteiger partial charge in [-0.15, -0.1) is 0 Å². The van der Waals surface area contributed by atoms with Crippen molar-refractivity contribution in [3.05, 3.63) is 53.6 Å². The van der Waals surface area contributed by atoms with E-state index in [0.29, 0.717) is 23.1 Å². The number of halogens is 1. The van der Waals surface area contributed by atoms with Crippen molar-refractivity contribution in [3.63, 3.8) is 0 Å².